The first-order valence-electron chi connectivity index (χ1n) is 5.23. The molecule has 0 radical (unpaired) electrons. The quantitative estimate of drug-likeness (QED) is 0.755. The number of hydrogen-bond donors (Lipinski definition) is 2. The molecule has 0 saturated carbocycles. The molecule has 0 unspecified atom stereocenters. The van der Waals surface area contributed by atoms with Crippen molar-refractivity contribution in [3.63, 3.8) is 0 Å². The Bertz CT molecular complexity index is 379. The number of anilines is 1. The van der Waals surface area contributed by atoms with Crippen molar-refractivity contribution in [2.24, 2.45) is 0 Å². The molecule has 0 aliphatic rings. The Labute approximate surface area is 94.3 Å². The van der Waals surface area contributed by atoms with Gasteiger partial charge in [-0.3, -0.25) is 4.79 Å². The van der Waals surface area contributed by atoms with Gasteiger partial charge in [0, 0.05) is 18.3 Å². The molecule has 0 bridgehead atoms. The molecule has 16 heavy (non-hydrogen) atoms. The van der Waals surface area contributed by atoms with Crippen molar-refractivity contribution in [3.8, 4) is 0 Å². The summed E-state index contributed by atoms with van der Waals surface area (Å²) in [4.78, 5) is 11.3. The van der Waals surface area contributed by atoms with Crippen LogP contribution in [0.15, 0.2) is 18.2 Å². The van der Waals surface area contributed by atoms with Crippen LogP contribution in [0.25, 0.3) is 0 Å². The van der Waals surface area contributed by atoms with E-state index in [9.17, 15) is 9.18 Å². The smallest absolute Gasteiger partial charge is 0.164 e. The Kier molecular flexibility index (Phi) is 4.43. The molecule has 1 rings (SSSR count). The zero-order valence-corrected chi connectivity index (χ0v) is 9.46. The van der Waals surface area contributed by atoms with Crippen LogP contribution in [0, 0.1) is 5.82 Å². The Morgan fingerprint density at radius 2 is 2.25 bits per heavy atom. The second-order valence-corrected chi connectivity index (χ2v) is 3.78. The molecule has 0 saturated heterocycles. The lowest BCUT2D eigenvalue weighted by Gasteiger charge is -2.16. The summed E-state index contributed by atoms with van der Waals surface area (Å²) in [7, 11) is 0. The molecule has 0 spiro atoms. The number of aliphatic hydroxyl groups excluding tert-OH is 1. The van der Waals surface area contributed by atoms with E-state index in [1.54, 1.807) is 12.1 Å². The van der Waals surface area contributed by atoms with Gasteiger partial charge in [-0.15, -0.1) is 0 Å². The van der Waals surface area contributed by atoms with Crippen molar-refractivity contribution in [2.75, 3.05) is 11.9 Å². The van der Waals surface area contributed by atoms with Crippen molar-refractivity contribution in [3.05, 3.63) is 29.6 Å². The minimum absolute atomic E-state index is 0.00935. The molecule has 0 amide bonds. The molecule has 0 aromatic heterocycles. The second-order valence-electron chi connectivity index (χ2n) is 3.78. The van der Waals surface area contributed by atoms with Gasteiger partial charge in [0.15, 0.2) is 5.78 Å². The lowest BCUT2D eigenvalue weighted by Crippen LogP contribution is -2.18. The monoisotopic (exact) mass is 225 g/mol. The van der Waals surface area contributed by atoms with Gasteiger partial charge >= 0.3 is 0 Å². The van der Waals surface area contributed by atoms with Crippen molar-refractivity contribution in [1.82, 2.24) is 0 Å². The number of Topliss-reactive ketones (excluding diaryl/α,β-unsaturated/α-hetero) is 1. The lowest BCUT2D eigenvalue weighted by molar-refractivity contribution is 0.101. The fourth-order valence-electron chi connectivity index (χ4n) is 1.53. The zero-order valence-electron chi connectivity index (χ0n) is 9.46. The van der Waals surface area contributed by atoms with Gasteiger partial charge in [0.1, 0.15) is 5.82 Å². The van der Waals surface area contributed by atoms with Crippen LogP contribution >= 0.6 is 0 Å². The highest BCUT2D eigenvalue weighted by Crippen LogP contribution is 2.20. The second kappa shape index (κ2) is 5.61. The predicted molar refractivity (Wildman–Crippen MR) is 61.2 cm³/mol. The third kappa shape index (κ3) is 3.03. The summed E-state index contributed by atoms with van der Waals surface area (Å²) >= 11 is 0. The topological polar surface area (TPSA) is 49.3 Å². The van der Waals surface area contributed by atoms with Crippen LogP contribution < -0.4 is 5.32 Å². The van der Waals surface area contributed by atoms with E-state index < -0.39 is 5.82 Å². The number of benzene rings is 1. The van der Waals surface area contributed by atoms with Crippen LogP contribution in [0.3, 0.4) is 0 Å². The molecular weight excluding hydrogens is 209 g/mol. The van der Waals surface area contributed by atoms with Gasteiger partial charge in [-0.05, 0) is 32.4 Å². The van der Waals surface area contributed by atoms with Gasteiger partial charge in [0.2, 0.25) is 0 Å². The number of carbonyl (C=O) groups excluding carboxylic acids is 1. The first kappa shape index (κ1) is 12.6. The summed E-state index contributed by atoms with van der Waals surface area (Å²) in [6.07, 6.45) is 0.549. The maximum absolute atomic E-state index is 13.4. The normalized spacial score (nSPS) is 12.2. The highest BCUT2D eigenvalue weighted by molar-refractivity contribution is 5.99. The number of nitrogens with one attached hydrogen (secondary N) is 1. The maximum atomic E-state index is 13.4. The largest absolute Gasteiger partial charge is 0.396 e. The van der Waals surface area contributed by atoms with Gasteiger partial charge < -0.3 is 10.4 Å². The molecule has 0 fully saturated rings. The van der Waals surface area contributed by atoms with Crippen molar-refractivity contribution in [2.45, 2.75) is 26.3 Å². The number of hydrogen-bond acceptors (Lipinski definition) is 3. The zero-order chi connectivity index (χ0) is 12.1. The molecule has 1 aromatic carbocycles. The third-order valence-corrected chi connectivity index (χ3v) is 2.33. The van der Waals surface area contributed by atoms with Crippen molar-refractivity contribution in [1.29, 1.82) is 0 Å². The average molecular weight is 225 g/mol. The van der Waals surface area contributed by atoms with E-state index in [2.05, 4.69) is 5.32 Å². The molecule has 0 aliphatic heterocycles. The van der Waals surface area contributed by atoms with Gasteiger partial charge in [-0.25, -0.2) is 4.39 Å². The summed E-state index contributed by atoms with van der Waals surface area (Å²) in [5.41, 5.74) is 0.556. The van der Waals surface area contributed by atoms with Crippen LogP contribution in [0.1, 0.15) is 30.6 Å². The number of ketones is 1. The molecule has 88 valence electrons. The minimum Gasteiger partial charge on any atom is -0.396 e. The number of carbonyl (C=O) groups is 1. The van der Waals surface area contributed by atoms with E-state index in [0.29, 0.717) is 12.1 Å². The summed E-state index contributed by atoms with van der Waals surface area (Å²) in [5, 5.41) is 11.8. The van der Waals surface area contributed by atoms with Crippen LogP contribution in [0.4, 0.5) is 10.1 Å². The van der Waals surface area contributed by atoms with Gasteiger partial charge in [0.25, 0.3) is 0 Å². The third-order valence-electron chi connectivity index (χ3n) is 2.33. The Morgan fingerprint density at radius 3 is 2.81 bits per heavy atom. The highest BCUT2D eigenvalue weighted by atomic mass is 19.1. The molecule has 4 heteroatoms. The Hall–Kier alpha value is -1.42. The fraction of sp³-hybridized carbons (Fsp3) is 0.417. The Morgan fingerprint density at radius 1 is 1.56 bits per heavy atom. The lowest BCUT2D eigenvalue weighted by atomic mass is 10.1. The van der Waals surface area contributed by atoms with Crippen molar-refractivity contribution >= 4 is 11.5 Å². The maximum Gasteiger partial charge on any atom is 0.164 e. The number of rotatable bonds is 5. The van der Waals surface area contributed by atoms with Gasteiger partial charge in [-0.1, -0.05) is 6.07 Å². The standard InChI is InChI=1S/C12H16FNO2/c1-8(6-7-15)14-11-5-3-4-10(13)12(11)9(2)16/h3-5,8,14-15H,6-7H2,1-2H3/t8-/m0/s1. The van der Waals surface area contributed by atoms with Crippen molar-refractivity contribution < 1.29 is 14.3 Å². The Balaban J connectivity index is 2.95. The van der Waals surface area contributed by atoms with Crippen LogP contribution in [0.5, 0.6) is 0 Å². The summed E-state index contributed by atoms with van der Waals surface area (Å²) in [6.45, 7) is 3.25. The SMILES string of the molecule is CC(=O)c1c(F)cccc1N[C@@H](C)CCO. The van der Waals surface area contributed by atoms with Crippen LogP contribution in [-0.4, -0.2) is 23.5 Å². The van der Waals surface area contributed by atoms with Gasteiger partial charge in [-0.2, -0.15) is 0 Å². The van der Waals surface area contributed by atoms with E-state index in [4.69, 9.17) is 5.11 Å². The van der Waals surface area contributed by atoms with Crippen LogP contribution in [-0.2, 0) is 0 Å². The van der Waals surface area contributed by atoms with E-state index in [1.807, 2.05) is 6.92 Å². The summed E-state index contributed by atoms with van der Waals surface area (Å²) in [5.74, 6) is -0.828. The molecule has 1 atom stereocenters. The van der Waals surface area contributed by atoms with Gasteiger partial charge in [0.05, 0.1) is 5.56 Å². The first-order valence-corrected chi connectivity index (χ1v) is 5.23. The molecule has 3 nitrogen and oxygen atoms in total. The first-order chi connectivity index (χ1) is 7.56. The van der Waals surface area contributed by atoms with E-state index in [1.165, 1.54) is 13.0 Å². The molecule has 2 N–H and O–H groups in total. The molecule has 1 aromatic rings. The van der Waals surface area contributed by atoms with E-state index in [-0.39, 0.29) is 24.0 Å². The fourth-order valence-corrected chi connectivity index (χ4v) is 1.53. The number of halogens is 1. The summed E-state index contributed by atoms with van der Waals surface area (Å²) in [6, 6.07) is 4.46. The van der Waals surface area contributed by atoms with E-state index >= 15 is 0 Å². The molecule has 0 aliphatic carbocycles. The molecular formula is C12H16FNO2. The minimum atomic E-state index is -0.520. The highest BCUT2D eigenvalue weighted by Gasteiger charge is 2.13. The van der Waals surface area contributed by atoms with E-state index in [0.717, 1.165) is 0 Å². The predicted octanol–water partition coefficient (Wildman–Crippen LogP) is 2.21. The van der Waals surface area contributed by atoms with Crippen LogP contribution in [0.2, 0.25) is 0 Å². The summed E-state index contributed by atoms with van der Waals surface area (Å²) < 4.78 is 13.4. The molecule has 0 heterocycles. The average Bonchev–Trinajstić information content (AvgIpc) is 2.17. The number of aliphatic hydroxyl groups is 1.